The molecule has 256 valence electrons. The fourth-order valence-electron chi connectivity index (χ4n) is 7.47. The van der Waals surface area contributed by atoms with Gasteiger partial charge in [-0.15, -0.1) is 0 Å². The van der Waals surface area contributed by atoms with Crippen LogP contribution in [-0.4, -0.2) is 72.6 Å². The maximum atomic E-state index is 14.8. The molecule has 0 aliphatic carbocycles. The van der Waals surface area contributed by atoms with Gasteiger partial charge in [-0.2, -0.15) is 0 Å². The molecule has 0 spiro atoms. The highest BCUT2D eigenvalue weighted by Gasteiger charge is 2.68. The first-order valence-electron chi connectivity index (χ1n) is 16.3. The first-order valence-corrected chi connectivity index (χ1v) is 16.3. The van der Waals surface area contributed by atoms with Gasteiger partial charge in [0.15, 0.2) is 22.5 Å². The van der Waals surface area contributed by atoms with Crippen LogP contribution in [0.1, 0.15) is 33.5 Å². The van der Waals surface area contributed by atoms with Crippen LogP contribution in [-0.2, 0) is 31.3 Å². The standard InChI is InChI=1S/C39H34N6O6/c1-50-51-31-22-38(37(48)49,39(28-16-8-3-9-17-28,29-18-10-4-11-19-29)30-20-12-5-13-21-30)45(23-31)32(46)24-44-26-42-33-34(40-25-41-35(33)44)43-36(47)27-14-6-2-7-15-27/h2-21,25-26,31H,22-24H2,1H3,(H,48,49)(H,40,41,43,47)/t31-,38+/m1/s1. The number of carboxylic acids is 1. The number of likely N-dealkylation sites (tertiary alicyclic amines) is 1. The Balaban J connectivity index is 1.36. The molecule has 0 bridgehead atoms. The van der Waals surface area contributed by atoms with Gasteiger partial charge in [-0.05, 0) is 28.8 Å². The molecule has 6 aromatic rings. The van der Waals surface area contributed by atoms with E-state index >= 15 is 0 Å². The zero-order chi connectivity index (χ0) is 35.4. The first kappa shape index (κ1) is 33.3. The van der Waals surface area contributed by atoms with E-state index in [1.165, 1.54) is 29.2 Å². The summed E-state index contributed by atoms with van der Waals surface area (Å²) in [5.41, 5.74) is -0.305. The number of carbonyl (C=O) groups is 3. The molecular weight excluding hydrogens is 648 g/mol. The van der Waals surface area contributed by atoms with Crippen LogP contribution in [0.3, 0.4) is 0 Å². The van der Waals surface area contributed by atoms with Crippen molar-refractivity contribution in [2.75, 3.05) is 19.0 Å². The van der Waals surface area contributed by atoms with Gasteiger partial charge < -0.3 is 19.9 Å². The van der Waals surface area contributed by atoms with Crippen LogP contribution in [0, 0.1) is 0 Å². The third-order valence-electron chi connectivity index (χ3n) is 9.47. The van der Waals surface area contributed by atoms with E-state index in [0.29, 0.717) is 22.3 Å². The highest BCUT2D eigenvalue weighted by Crippen LogP contribution is 2.55. The van der Waals surface area contributed by atoms with Crippen molar-refractivity contribution in [2.45, 2.75) is 30.0 Å². The van der Waals surface area contributed by atoms with E-state index in [-0.39, 0.29) is 42.4 Å². The molecule has 2 amide bonds. The minimum atomic E-state index is -1.92. The second-order valence-electron chi connectivity index (χ2n) is 12.2. The summed E-state index contributed by atoms with van der Waals surface area (Å²) < 4.78 is 1.52. The molecule has 0 saturated carbocycles. The lowest BCUT2D eigenvalue weighted by atomic mass is 9.56. The Morgan fingerprint density at radius 2 is 1.37 bits per heavy atom. The maximum Gasteiger partial charge on any atom is 0.331 e. The van der Waals surface area contributed by atoms with Crippen LogP contribution >= 0.6 is 0 Å². The van der Waals surface area contributed by atoms with Crippen molar-refractivity contribution >= 4 is 34.8 Å². The number of aliphatic carboxylic acids is 1. The van der Waals surface area contributed by atoms with E-state index in [4.69, 9.17) is 9.78 Å². The van der Waals surface area contributed by atoms with Crippen LogP contribution in [0.25, 0.3) is 11.2 Å². The largest absolute Gasteiger partial charge is 0.479 e. The summed E-state index contributed by atoms with van der Waals surface area (Å²) in [7, 11) is 1.36. The number of benzene rings is 4. The fraction of sp³-hybridized carbons (Fsp3) is 0.179. The SMILES string of the molecule is COO[C@H]1CN(C(=O)Cn2cnc3c(NC(=O)c4ccccc4)ncnc32)[C@@](C(=O)O)(C(c2ccccc2)(c2ccccc2)c2ccccc2)C1. The molecule has 1 saturated heterocycles. The van der Waals surface area contributed by atoms with Gasteiger partial charge in [-0.25, -0.2) is 29.5 Å². The lowest BCUT2D eigenvalue weighted by molar-refractivity contribution is -0.301. The summed E-state index contributed by atoms with van der Waals surface area (Å²) >= 11 is 0. The molecule has 51 heavy (non-hydrogen) atoms. The molecule has 3 heterocycles. The Labute approximate surface area is 293 Å². The van der Waals surface area contributed by atoms with Crippen LogP contribution in [0.15, 0.2) is 134 Å². The second kappa shape index (κ2) is 13.9. The molecule has 1 aliphatic rings. The van der Waals surface area contributed by atoms with Gasteiger partial charge >= 0.3 is 5.97 Å². The molecule has 0 unspecified atom stereocenters. The lowest BCUT2D eigenvalue weighted by Gasteiger charge is -2.51. The summed E-state index contributed by atoms with van der Waals surface area (Å²) in [6.07, 6.45) is 1.82. The molecule has 12 nitrogen and oxygen atoms in total. The summed E-state index contributed by atoms with van der Waals surface area (Å²) in [6, 6.07) is 36.8. The number of aromatic nitrogens is 4. The molecule has 12 heteroatoms. The van der Waals surface area contributed by atoms with Gasteiger partial charge in [0, 0.05) is 12.0 Å². The predicted molar refractivity (Wildman–Crippen MR) is 188 cm³/mol. The van der Waals surface area contributed by atoms with E-state index in [2.05, 4.69) is 20.3 Å². The van der Waals surface area contributed by atoms with Gasteiger partial charge in [0.25, 0.3) is 5.91 Å². The highest BCUT2D eigenvalue weighted by atomic mass is 17.2. The molecule has 2 atom stereocenters. The van der Waals surface area contributed by atoms with Crippen LogP contribution < -0.4 is 5.32 Å². The molecule has 4 aromatic carbocycles. The Kier molecular flexibility index (Phi) is 9.09. The molecule has 2 N–H and O–H groups in total. The van der Waals surface area contributed by atoms with Gasteiger partial charge in [-0.3, -0.25) is 9.59 Å². The van der Waals surface area contributed by atoms with Crippen LogP contribution in [0.2, 0.25) is 0 Å². The van der Waals surface area contributed by atoms with E-state index in [1.807, 2.05) is 97.1 Å². The Bertz CT molecular complexity index is 2070. The third kappa shape index (κ3) is 5.69. The first-order chi connectivity index (χ1) is 24.9. The number of hydrogen-bond donors (Lipinski definition) is 2. The predicted octanol–water partition coefficient (Wildman–Crippen LogP) is 5.12. The van der Waals surface area contributed by atoms with E-state index in [0.717, 1.165) is 0 Å². The minimum absolute atomic E-state index is 0.0762. The van der Waals surface area contributed by atoms with Gasteiger partial charge in [0.2, 0.25) is 5.91 Å². The van der Waals surface area contributed by atoms with Crippen molar-refractivity contribution in [3.05, 3.63) is 156 Å². The van der Waals surface area contributed by atoms with Crippen molar-refractivity contribution in [1.29, 1.82) is 0 Å². The number of amides is 2. The topological polar surface area (TPSA) is 149 Å². The van der Waals surface area contributed by atoms with Crippen molar-refractivity contribution < 1.29 is 29.3 Å². The Morgan fingerprint density at radius 3 is 1.90 bits per heavy atom. The minimum Gasteiger partial charge on any atom is -0.479 e. The van der Waals surface area contributed by atoms with Gasteiger partial charge in [0.05, 0.1) is 25.4 Å². The van der Waals surface area contributed by atoms with Crippen molar-refractivity contribution in [3.8, 4) is 0 Å². The maximum absolute atomic E-state index is 14.8. The number of carboxylic acid groups (broad SMARTS) is 1. The molecule has 7 rings (SSSR count). The molecular formula is C39H34N6O6. The molecule has 0 radical (unpaired) electrons. The van der Waals surface area contributed by atoms with E-state index in [9.17, 15) is 19.5 Å². The van der Waals surface area contributed by atoms with Crippen molar-refractivity contribution in [3.63, 3.8) is 0 Å². The summed E-state index contributed by atoms with van der Waals surface area (Å²) in [5.74, 6) is -1.93. The number of rotatable bonds is 11. The van der Waals surface area contributed by atoms with Gasteiger partial charge in [-0.1, -0.05) is 109 Å². The highest BCUT2D eigenvalue weighted by molar-refractivity contribution is 6.06. The number of anilines is 1. The van der Waals surface area contributed by atoms with Crippen molar-refractivity contribution in [2.24, 2.45) is 0 Å². The smallest absolute Gasteiger partial charge is 0.331 e. The number of fused-ring (bicyclic) bond motifs is 1. The zero-order valence-electron chi connectivity index (χ0n) is 27.6. The lowest BCUT2D eigenvalue weighted by Crippen LogP contribution is -2.66. The molecule has 1 fully saturated rings. The number of hydrogen-bond acceptors (Lipinski definition) is 8. The number of imidazole rings is 1. The fourth-order valence-corrected chi connectivity index (χ4v) is 7.47. The average molecular weight is 683 g/mol. The molecule has 2 aromatic heterocycles. The Morgan fingerprint density at radius 1 is 0.824 bits per heavy atom. The van der Waals surface area contributed by atoms with E-state index < -0.39 is 28.9 Å². The van der Waals surface area contributed by atoms with E-state index in [1.54, 1.807) is 24.3 Å². The summed E-state index contributed by atoms with van der Waals surface area (Å²) in [5, 5.41) is 14.4. The monoisotopic (exact) mass is 682 g/mol. The Hall–Kier alpha value is -6.24. The molecule has 1 aliphatic heterocycles. The second-order valence-corrected chi connectivity index (χ2v) is 12.2. The zero-order valence-corrected chi connectivity index (χ0v) is 27.6. The number of carbonyl (C=O) groups excluding carboxylic acids is 2. The quantitative estimate of drug-likeness (QED) is 0.108. The average Bonchev–Trinajstić information content (AvgIpc) is 3.77. The number of nitrogens with zero attached hydrogens (tertiary/aromatic N) is 5. The van der Waals surface area contributed by atoms with Gasteiger partial charge in [0.1, 0.15) is 19.0 Å². The summed E-state index contributed by atoms with van der Waals surface area (Å²) in [6.45, 7) is -0.393. The van der Waals surface area contributed by atoms with Crippen molar-refractivity contribution in [1.82, 2.24) is 24.4 Å². The number of nitrogens with one attached hydrogen (secondary N) is 1. The summed E-state index contributed by atoms with van der Waals surface area (Å²) in [4.78, 5) is 67.2. The third-order valence-corrected chi connectivity index (χ3v) is 9.47. The van der Waals surface area contributed by atoms with Crippen LogP contribution in [0.4, 0.5) is 5.82 Å². The normalized spacial score (nSPS) is 17.4. The van der Waals surface area contributed by atoms with Crippen LogP contribution in [0.5, 0.6) is 0 Å².